The molecule has 0 aromatic heterocycles. The predicted molar refractivity (Wildman–Crippen MR) is 176 cm³/mol. The van der Waals surface area contributed by atoms with Gasteiger partial charge in [-0.3, -0.25) is 9.59 Å². The Kier molecular flexibility index (Phi) is 9.61. The minimum Gasteiger partial charge on any atom is -0.469 e. The zero-order chi connectivity index (χ0) is 30.3. The molecule has 1 unspecified atom stereocenters. The van der Waals surface area contributed by atoms with E-state index in [9.17, 15) is 9.59 Å². The predicted octanol–water partition coefficient (Wildman–Crippen LogP) is 8.29. The molecule has 1 fully saturated rings. The summed E-state index contributed by atoms with van der Waals surface area (Å²) < 4.78 is 5.18. The van der Waals surface area contributed by atoms with Crippen molar-refractivity contribution in [1.82, 2.24) is 0 Å². The van der Waals surface area contributed by atoms with Crippen molar-refractivity contribution in [1.29, 1.82) is 0 Å². The number of nitrogens with one attached hydrogen (secondary N) is 1. The molecule has 0 aliphatic carbocycles. The Morgan fingerprint density at radius 1 is 0.860 bits per heavy atom. The number of amides is 1. The van der Waals surface area contributed by atoms with E-state index < -0.39 is 0 Å². The van der Waals surface area contributed by atoms with E-state index in [-0.39, 0.29) is 23.7 Å². The third-order valence-electron chi connectivity index (χ3n) is 8.52. The minimum absolute atomic E-state index is 0.117. The molecule has 5 rings (SSSR count). The highest BCUT2D eigenvalue weighted by Crippen LogP contribution is 2.35. The Hall–Kier alpha value is -4.38. The monoisotopic (exact) mass is 574 g/mol. The topological polar surface area (TPSA) is 58.6 Å². The zero-order valence-corrected chi connectivity index (χ0v) is 25.7. The SMILES string of the molecule is COC(=O)C(c1ccccc1)C1CCN(c2ccc(NC(=O)c3cccc(C)c3-c3ccc(CC(C)C)cc3)cc2)CC1. The van der Waals surface area contributed by atoms with Gasteiger partial charge in [-0.2, -0.15) is 0 Å². The van der Waals surface area contributed by atoms with E-state index in [4.69, 9.17) is 4.74 Å². The van der Waals surface area contributed by atoms with E-state index in [0.29, 0.717) is 11.5 Å². The number of ether oxygens (including phenoxy) is 1. The van der Waals surface area contributed by atoms with Gasteiger partial charge in [0, 0.05) is 30.0 Å². The first kappa shape index (κ1) is 30.1. The molecule has 222 valence electrons. The molecule has 43 heavy (non-hydrogen) atoms. The number of carbonyl (C=O) groups is 2. The molecule has 4 aromatic rings. The van der Waals surface area contributed by atoms with E-state index in [1.165, 1.54) is 12.7 Å². The fourth-order valence-electron chi connectivity index (χ4n) is 6.35. The average molecular weight is 575 g/mol. The molecule has 0 spiro atoms. The smallest absolute Gasteiger partial charge is 0.313 e. The van der Waals surface area contributed by atoms with Gasteiger partial charge in [0.1, 0.15) is 0 Å². The molecule has 1 heterocycles. The Bertz CT molecular complexity index is 1520. The van der Waals surface area contributed by atoms with Gasteiger partial charge in [-0.05, 0) is 96.2 Å². The summed E-state index contributed by atoms with van der Waals surface area (Å²) in [7, 11) is 1.47. The highest BCUT2D eigenvalue weighted by atomic mass is 16.5. The molecule has 1 aliphatic rings. The van der Waals surface area contributed by atoms with Gasteiger partial charge in [0.15, 0.2) is 0 Å². The summed E-state index contributed by atoms with van der Waals surface area (Å²) in [5.74, 6) is 0.315. The molecule has 5 heteroatoms. The molecule has 1 atom stereocenters. The van der Waals surface area contributed by atoms with Crippen LogP contribution in [0.15, 0.2) is 97.1 Å². The summed E-state index contributed by atoms with van der Waals surface area (Å²) in [5.41, 5.74) is 7.97. The molecule has 0 saturated carbocycles. The molecule has 1 amide bonds. The number of esters is 1. The van der Waals surface area contributed by atoms with Gasteiger partial charge in [-0.15, -0.1) is 0 Å². The lowest BCUT2D eigenvalue weighted by Gasteiger charge is -2.36. The van der Waals surface area contributed by atoms with Crippen molar-refractivity contribution in [2.24, 2.45) is 11.8 Å². The molecule has 0 radical (unpaired) electrons. The van der Waals surface area contributed by atoms with Crippen LogP contribution in [0.2, 0.25) is 0 Å². The van der Waals surface area contributed by atoms with Crippen LogP contribution in [0.3, 0.4) is 0 Å². The van der Waals surface area contributed by atoms with Crippen molar-refractivity contribution >= 4 is 23.3 Å². The second-order valence-electron chi connectivity index (χ2n) is 12.0. The number of benzene rings is 4. The van der Waals surface area contributed by atoms with Crippen LogP contribution >= 0.6 is 0 Å². The van der Waals surface area contributed by atoms with Crippen LogP contribution in [0, 0.1) is 18.8 Å². The number of methoxy groups -OCH3 is 1. The number of piperidine rings is 1. The Balaban J connectivity index is 1.24. The summed E-state index contributed by atoms with van der Waals surface area (Å²) in [6.07, 6.45) is 2.85. The summed E-state index contributed by atoms with van der Waals surface area (Å²) in [5, 5.41) is 3.11. The zero-order valence-electron chi connectivity index (χ0n) is 25.7. The molecular formula is C38H42N2O3. The van der Waals surface area contributed by atoms with E-state index in [2.05, 4.69) is 73.5 Å². The van der Waals surface area contributed by atoms with E-state index in [1.807, 2.05) is 54.6 Å². The Morgan fingerprint density at radius 3 is 2.16 bits per heavy atom. The van der Waals surface area contributed by atoms with E-state index in [0.717, 1.165) is 66.0 Å². The number of hydrogen-bond donors (Lipinski definition) is 1. The maximum absolute atomic E-state index is 13.5. The highest BCUT2D eigenvalue weighted by molar-refractivity contribution is 6.09. The van der Waals surface area contributed by atoms with Gasteiger partial charge < -0.3 is 15.0 Å². The lowest BCUT2D eigenvalue weighted by Crippen LogP contribution is -2.37. The number of anilines is 2. The highest BCUT2D eigenvalue weighted by Gasteiger charge is 2.33. The van der Waals surface area contributed by atoms with Crippen molar-refractivity contribution in [3.05, 3.63) is 119 Å². The molecule has 1 N–H and O–H groups in total. The van der Waals surface area contributed by atoms with Crippen LogP contribution in [0.1, 0.15) is 59.7 Å². The van der Waals surface area contributed by atoms with Crippen LogP contribution in [-0.2, 0) is 16.0 Å². The lowest BCUT2D eigenvalue weighted by molar-refractivity contribution is -0.144. The lowest BCUT2D eigenvalue weighted by atomic mass is 9.80. The van der Waals surface area contributed by atoms with Crippen LogP contribution in [0.5, 0.6) is 0 Å². The number of nitrogens with zero attached hydrogens (tertiary/aromatic N) is 1. The van der Waals surface area contributed by atoms with Crippen molar-refractivity contribution in [3.63, 3.8) is 0 Å². The van der Waals surface area contributed by atoms with Crippen LogP contribution in [-0.4, -0.2) is 32.1 Å². The number of carbonyl (C=O) groups excluding carboxylic acids is 2. The molecular weight excluding hydrogens is 532 g/mol. The number of hydrogen-bond acceptors (Lipinski definition) is 4. The first-order valence-electron chi connectivity index (χ1n) is 15.3. The fraction of sp³-hybridized carbons (Fsp3) is 0.316. The first-order valence-corrected chi connectivity index (χ1v) is 15.3. The summed E-state index contributed by atoms with van der Waals surface area (Å²) in [6.45, 7) is 8.22. The van der Waals surface area contributed by atoms with Crippen molar-refractivity contribution in [2.75, 3.05) is 30.4 Å². The molecule has 5 nitrogen and oxygen atoms in total. The van der Waals surface area contributed by atoms with Crippen LogP contribution in [0.25, 0.3) is 11.1 Å². The third-order valence-corrected chi connectivity index (χ3v) is 8.52. The third kappa shape index (κ3) is 7.16. The van der Waals surface area contributed by atoms with Gasteiger partial charge in [-0.1, -0.05) is 80.6 Å². The van der Waals surface area contributed by atoms with Gasteiger partial charge in [0.2, 0.25) is 0 Å². The van der Waals surface area contributed by atoms with Gasteiger partial charge in [0.25, 0.3) is 5.91 Å². The van der Waals surface area contributed by atoms with Crippen LogP contribution < -0.4 is 10.2 Å². The van der Waals surface area contributed by atoms with Crippen molar-refractivity contribution in [2.45, 2.75) is 46.0 Å². The molecule has 4 aromatic carbocycles. The quantitative estimate of drug-likeness (QED) is 0.204. The van der Waals surface area contributed by atoms with E-state index >= 15 is 0 Å². The average Bonchev–Trinajstić information content (AvgIpc) is 3.02. The second kappa shape index (κ2) is 13.7. The second-order valence-corrected chi connectivity index (χ2v) is 12.0. The normalized spacial score (nSPS) is 14.4. The van der Waals surface area contributed by atoms with Gasteiger partial charge in [-0.25, -0.2) is 0 Å². The van der Waals surface area contributed by atoms with E-state index in [1.54, 1.807) is 0 Å². The summed E-state index contributed by atoms with van der Waals surface area (Å²) in [6, 6.07) is 32.5. The molecule has 1 saturated heterocycles. The summed E-state index contributed by atoms with van der Waals surface area (Å²) >= 11 is 0. The summed E-state index contributed by atoms with van der Waals surface area (Å²) in [4.78, 5) is 28.5. The van der Waals surface area contributed by atoms with Gasteiger partial charge >= 0.3 is 5.97 Å². The first-order chi connectivity index (χ1) is 20.8. The van der Waals surface area contributed by atoms with Crippen molar-refractivity contribution in [3.8, 4) is 11.1 Å². The Labute approximate surface area is 255 Å². The van der Waals surface area contributed by atoms with Gasteiger partial charge in [0.05, 0.1) is 13.0 Å². The largest absolute Gasteiger partial charge is 0.469 e. The Morgan fingerprint density at radius 2 is 1.53 bits per heavy atom. The molecule has 0 bridgehead atoms. The maximum Gasteiger partial charge on any atom is 0.313 e. The molecule has 1 aliphatic heterocycles. The fourth-order valence-corrected chi connectivity index (χ4v) is 6.35. The number of rotatable bonds is 9. The minimum atomic E-state index is -0.240. The maximum atomic E-state index is 13.5. The van der Waals surface area contributed by atoms with Crippen LogP contribution in [0.4, 0.5) is 11.4 Å². The standard InChI is InChI=1S/C38H42N2O3/c1-26(2)25-28-13-15-30(16-14-28)35-27(3)9-8-12-34(35)37(41)39-32-17-19-33(20-18-32)40-23-21-31(22-24-40)36(38(42)43-4)29-10-6-5-7-11-29/h5-20,26,31,36H,21-25H2,1-4H3,(H,39,41). The van der Waals surface area contributed by atoms with Crippen molar-refractivity contribution < 1.29 is 14.3 Å². The number of aryl methyl sites for hydroxylation is 1.